The predicted octanol–water partition coefficient (Wildman–Crippen LogP) is 7.05. The van der Waals surface area contributed by atoms with Crippen LogP contribution in [0.3, 0.4) is 0 Å². The van der Waals surface area contributed by atoms with E-state index in [9.17, 15) is 17.6 Å². The summed E-state index contributed by atoms with van der Waals surface area (Å²) >= 11 is 0. The maximum absolute atomic E-state index is 15.3. The molecule has 0 spiro atoms. The van der Waals surface area contributed by atoms with Gasteiger partial charge in [0, 0.05) is 37.6 Å². The van der Waals surface area contributed by atoms with Gasteiger partial charge in [-0.2, -0.15) is 0 Å². The number of anilines is 4. The summed E-state index contributed by atoms with van der Waals surface area (Å²) in [6.07, 6.45) is 0. The van der Waals surface area contributed by atoms with Gasteiger partial charge in [-0.25, -0.2) is 36.3 Å². The van der Waals surface area contributed by atoms with E-state index in [-0.39, 0.29) is 13.1 Å². The first kappa shape index (κ1) is 26.3. The number of hydrogen-bond donors (Lipinski definition) is 1. The van der Waals surface area contributed by atoms with Gasteiger partial charge in [-0.3, -0.25) is 0 Å². The molecule has 0 saturated heterocycles. The number of rotatable bonds is 8. The van der Waals surface area contributed by atoms with E-state index >= 15 is 8.78 Å². The maximum atomic E-state index is 15.3. The van der Waals surface area contributed by atoms with Crippen molar-refractivity contribution in [3.05, 3.63) is 59.2 Å². The molecule has 0 aliphatic rings. The van der Waals surface area contributed by atoms with Gasteiger partial charge in [-0.05, 0) is 52.0 Å². The number of aromatic nitrogens is 2. The van der Waals surface area contributed by atoms with Crippen molar-refractivity contribution in [3.8, 4) is 0 Å². The topological polar surface area (TPSA) is 44.3 Å². The first-order valence-electron chi connectivity index (χ1n) is 11.9. The average molecular weight is 522 g/mol. The molecule has 5 nitrogen and oxygen atoms in total. The maximum Gasteiger partial charge on any atom is 0.198 e. The zero-order valence-electron chi connectivity index (χ0n) is 20.7. The Labute approximate surface area is 209 Å². The zero-order valence-corrected chi connectivity index (χ0v) is 20.7. The lowest BCUT2D eigenvalue weighted by Crippen LogP contribution is -2.25. The molecule has 196 valence electrons. The Morgan fingerprint density at radius 2 is 1.05 bits per heavy atom. The fraction of sp³-hybridized carbons (Fsp3) is 0.308. The Morgan fingerprint density at radius 3 is 1.62 bits per heavy atom. The second-order valence-electron chi connectivity index (χ2n) is 8.24. The molecule has 4 aromatic rings. The summed E-state index contributed by atoms with van der Waals surface area (Å²) in [6, 6.07) is 6.67. The molecule has 0 atom stereocenters. The van der Waals surface area contributed by atoms with E-state index in [1.165, 1.54) is 4.90 Å². The van der Waals surface area contributed by atoms with Crippen LogP contribution in [0.1, 0.15) is 27.7 Å². The first-order valence-corrected chi connectivity index (χ1v) is 11.9. The van der Waals surface area contributed by atoms with Crippen LogP contribution in [0, 0.1) is 34.9 Å². The molecule has 0 fully saturated rings. The third-order valence-electron chi connectivity index (χ3n) is 6.31. The van der Waals surface area contributed by atoms with Gasteiger partial charge in [-0.15, -0.1) is 0 Å². The van der Waals surface area contributed by atoms with Crippen LogP contribution in [-0.2, 0) is 0 Å². The van der Waals surface area contributed by atoms with Crippen molar-refractivity contribution in [2.45, 2.75) is 27.7 Å². The van der Waals surface area contributed by atoms with Crippen LogP contribution in [0.15, 0.2) is 24.3 Å². The smallest absolute Gasteiger partial charge is 0.198 e. The summed E-state index contributed by atoms with van der Waals surface area (Å²) in [4.78, 5) is 10.9. The fourth-order valence-electron chi connectivity index (χ4n) is 4.32. The highest BCUT2D eigenvalue weighted by Gasteiger charge is 2.29. The largest absolute Gasteiger partial charge is 0.372 e. The fourth-order valence-corrected chi connectivity index (χ4v) is 4.32. The third-order valence-corrected chi connectivity index (χ3v) is 6.31. The Hall–Kier alpha value is -3.76. The highest BCUT2D eigenvalue weighted by atomic mass is 19.2. The van der Waals surface area contributed by atoms with Gasteiger partial charge in [-0.1, -0.05) is 0 Å². The monoisotopic (exact) mass is 521 g/mol. The number of nitrogens with zero attached hydrogens (tertiary/aromatic N) is 4. The van der Waals surface area contributed by atoms with E-state index in [2.05, 4.69) is 20.2 Å². The number of benzene rings is 3. The van der Waals surface area contributed by atoms with Crippen molar-refractivity contribution in [1.82, 2.24) is 9.97 Å². The molecular weight excluding hydrogens is 496 g/mol. The van der Waals surface area contributed by atoms with Crippen LogP contribution in [0.5, 0.6) is 0 Å². The number of fused-ring (bicyclic) bond motifs is 2. The van der Waals surface area contributed by atoms with Crippen LogP contribution in [0.25, 0.3) is 22.1 Å². The molecule has 0 radical (unpaired) electrons. The van der Waals surface area contributed by atoms with Gasteiger partial charge < -0.3 is 15.1 Å². The normalized spacial score (nSPS) is 11.4. The minimum absolute atomic E-state index is 0.144. The quantitative estimate of drug-likeness (QED) is 0.116. The van der Waals surface area contributed by atoms with E-state index in [1.54, 1.807) is 38.1 Å². The average Bonchev–Trinajstić information content (AvgIpc) is 2.91. The second-order valence-corrected chi connectivity index (χ2v) is 8.24. The van der Waals surface area contributed by atoms with E-state index in [1.807, 2.05) is 13.8 Å². The molecule has 1 heterocycles. The molecule has 11 heteroatoms. The standard InChI is InChI=1S/C26H25F6N5/c1-5-36(6-2)14-11-9-13(10-12-14)33-22-16(28)15(27)17(29)23-25(22)35-21-18(30)19(31)26(37(7-3)8-4)20(32)24(21)34-23/h9-12,33H,5-8H2,1-4H3. The van der Waals surface area contributed by atoms with Crippen molar-refractivity contribution in [2.24, 2.45) is 0 Å². The lowest BCUT2D eigenvalue weighted by atomic mass is 10.1. The van der Waals surface area contributed by atoms with Gasteiger partial charge >= 0.3 is 0 Å². The van der Waals surface area contributed by atoms with Crippen LogP contribution in [0.4, 0.5) is 49.1 Å². The summed E-state index contributed by atoms with van der Waals surface area (Å²) in [6.45, 7) is 8.99. The van der Waals surface area contributed by atoms with Gasteiger partial charge in [0.15, 0.2) is 34.9 Å². The van der Waals surface area contributed by atoms with Crippen molar-refractivity contribution in [3.63, 3.8) is 0 Å². The van der Waals surface area contributed by atoms with Gasteiger partial charge in [0.1, 0.15) is 33.4 Å². The number of halogens is 6. The number of hydrogen-bond acceptors (Lipinski definition) is 5. The minimum atomic E-state index is -1.87. The molecular formula is C26H25F6N5. The summed E-state index contributed by atoms with van der Waals surface area (Å²) in [5.74, 6) is -9.54. The Balaban J connectivity index is 1.95. The molecule has 37 heavy (non-hydrogen) atoms. The van der Waals surface area contributed by atoms with E-state index in [0.717, 1.165) is 18.8 Å². The molecule has 0 bridgehead atoms. The van der Waals surface area contributed by atoms with Crippen LogP contribution in [0.2, 0.25) is 0 Å². The SMILES string of the molecule is CCN(CC)c1ccc(Nc2c(F)c(F)c(F)c3nc4c(F)c(N(CC)CC)c(F)c(F)c4nc23)cc1. The van der Waals surface area contributed by atoms with E-state index < -0.39 is 68.3 Å². The third kappa shape index (κ3) is 4.36. The van der Waals surface area contributed by atoms with Gasteiger partial charge in [0.2, 0.25) is 0 Å². The van der Waals surface area contributed by atoms with Gasteiger partial charge in [0.05, 0.1) is 0 Å². The Kier molecular flexibility index (Phi) is 7.33. The molecule has 0 unspecified atom stereocenters. The highest BCUT2D eigenvalue weighted by molar-refractivity contribution is 5.97. The summed E-state index contributed by atoms with van der Waals surface area (Å²) in [5, 5.41) is 2.63. The summed E-state index contributed by atoms with van der Waals surface area (Å²) in [5.41, 5.74) is -3.29. The Bertz CT molecular complexity index is 1470. The minimum Gasteiger partial charge on any atom is -0.372 e. The predicted molar refractivity (Wildman–Crippen MR) is 134 cm³/mol. The number of nitrogens with one attached hydrogen (secondary N) is 1. The van der Waals surface area contributed by atoms with E-state index in [0.29, 0.717) is 5.69 Å². The van der Waals surface area contributed by atoms with Crippen LogP contribution < -0.4 is 15.1 Å². The first-order chi connectivity index (χ1) is 17.7. The molecule has 3 aromatic carbocycles. The van der Waals surface area contributed by atoms with Crippen molar-refractivity contribution in [1.29, 1.82) is 0 Å². The molecule has 4 rings (SSSR count). The molecule has 0 saturated carbocycles. The zero-order chi connectivity index (χ0) is 27.0. The molecule has 0 amide bonds. The highest BCUT2D eigenvalue weighted by Crippen LogP contribution is 2.37. The molecule has 0 aliphatic heterocycles. The van der Waals surface area contributed by atoms with E-state index in [4.69, 9.17) is 0 Å². The molecule has 1 aromatic heterocycles. The summed E-state index contributed by atoms with van der Waals surface area (Å²) in [7, 11) is 0. The molecule has 1 N–H and O–H groups in total. The van der Waals surface area contributed by atoms with Crippen LogP contribution >= 0.6 is 0 Å². The summed E-state index contributed by atoms with van der Waals surface area (Å²) < 4.78 is 89.5. The lowest BCUT2D eigenvalue weighted by Gasteiger charge is -2.23. The van der Waals surface area contributed by atoms with Crippen molar-refractivity contribution < 1.29 is 26.3 Å². The van der Waals surface area contributed by atoms with Crippen molar-refractivity contribution in [2.75, 3.05) is 41.3 Å². The van der Waals surface area contributed by atoms with Gasteiger partial charge in [0.25, 0.3) is 0 Å². The molecule has 0 aliphatic carbocycles. The Morgan fingerprint density at radius 1 is 0.568 bits per heavy atom. The van der Waals surface area contributed by atoms with Crippen molar-refractivity contribution >= 4 is 44.8 Å². The second kappa shape index (κ2) is 10.3. The lowest BCUT2D eigenvalue weighted by molar-refractivity contribution is 0.454. The van der Waals surface area contributed by atoms with Crippen LogP contribution in [-0.4, -0.2) is 36.1 Å².